The normalized spacial score (nSPS) is 10.8. The number of benzene rings is 2. The molecular formula is C24H26N6S. The predicted molar refractivity (Wildman–Crippen MR) is 130 cm³/mol. The Hall–Kier alpha value is -3.45. The Labute approximate surface area is 187 Å². The first kappa shape index (κ1) is 20.8. The largest absolute Gasteiger partial charge is 0.329 e. The van der Waals surface area contributed by atoms with E-state index >= 15 is 0 Å². The highest BCUT2D eigenvalue weighted by molar-refractivity contribution is 7.80. The number of nitrogens with one attached hydrogen (secondary N) is 2. The number of aromatic nitrogens is 4. The Bertz CT molecular complexity index is 1170. The summed E-state index contributed by atoms with van der Waals surface area (Å²) in [5.41, 5.74) is 6.53. The fourth-order valence-corrected chi connectivity index (χ4v) is 3.65. The summed E-state index contributed by atoms with van der Waals surface area (Å²) in [6, 6.07) is 20.7. The minimum atomic E-state index is 0.492. The van der Waals surface area contributed by atoms with Gasteiger partial charge in [-0.2, -0.15) is 10.2 Å². The molecule has 158 valence electrons. The third-order valence-corrected chi connectivity index (χ3v) is 5.35. The number of hydrogen-bond acceptors (Lipinski definition) is 3. The van der Waals surface area contributed by atoms with E-state index < -0.39 is 0 Å². The lowest BCUT2D eigenvalue weighted by atomic mass is 10.1. The van der Waals surface area contributed by atoms with Gasteiger partial charge in [0, 0.05) is 12.3 Å². The number of rotatable bonds is 6. The average Bonchev–Trinajstić information content (AvgIpc) is 3.29. The fraction of sp³-hybridized carbons (Fsp3) is 0.208. The quantitative estimate of drug-likeness (QED) is 0.426. The van der Waals surface area contributed by atoms with Gasteiger partial charge in [0.15, 0.2) is 10.9 Å². The first-order valence-corrected chi connectivity index (χ1v) is 10.6. The molecule has 0 unspecified atom stereocenters. The van der Waals surface area contributed by atoms with Crippen LogP contribution in [0.15, 0.2) is 66.9 Å². The summed E-state index contributed by atoms with van der Waals surface area (Å²) in [6.07, 6.45) is 1.94. The maximum Gasteiger partial charge on any atom is 0.176 e. The molecular weight excluding hydrogens is 404 g/mol. The van der Waals surface area contributed by atoms with Crippen molar-refractivity contribution in [1.29, 1.82) is 0 Å². The van der Waals surface area contributed by atoms with Crippen LogP contribution in [0.25, 0.3) is 0 Å². The number of thiocarbonyl (C=S) groups is 1. The van der Waals surface area contributed by atoms with E-state index in [0.29, 0.717) is 17.5 Å². The van der Waals surface area contributed by atoms with Crippen molar-refractivity contribution in [2.75, 3.05) is 10.6 Å². The Morgan fingerprint density at radius 1 is 0.839 bits per heavy atom. The van der Waals surface area contributed by atoms with Crippen LogP contribution in [-0.4, -0.2) is 24.7 Å². The second kappa shape index (κ2) is 9.14. The average molecular weight is 431 g/mol. The van der Waals surface area contributed by atoms with Crippen LogP contribution in [0, 0.1) is 20.8 Å². The van der Waals surface area contributed by atoms with Gasteiger partial charge in [-0.15, -0.1) is 0 Å². The maximum atomic E-state index is 5.52. The SMILES string of the molecule is Cc1ccc(Cn2ccc(NC(=S)Nc3c(C)nn(Cc4ccccc4)c3C)n2)cc1. The van der Waals surface area contributed by atoms with Gasteiger partial charge in [0.25, 0.3) is 0 Å². The molecule has 0 aliphatic rings. The molecule has 4 rings (SSSR count). The van der Waals surface area contributed by atoms with Crippen LogP contribution >= 0.6 is 12.2 Å². The molecule has 0 bridgehead atoms. The number of hydrogen-bond donors (Lipinski definition) is 2. The molecule has 0 spiro atoms. The van der Waals surface area contributed by atoms with E-state index in [1.807, 2.05) is 53.7 Å². The van der Waals surface area contributed by atoms with Crippen LogP contribution < -0.4 is 10.6 Å². The van der Waals surface area contributed by atoms with Gasteiger partial charge in [-0.1, -0.05) is 60.2 Å². The first-order chi connectivity index (χ1) is 15.0. The number of aryl methyl sites for hydroxylation is 2. The fourth-order valence-electron chi connectivity index (χ4n) is 3.45. The lowest BCUT2D eigenvalue weighted by Crippen LogP contribution is -2.20. The zero-order chi connectivity index (χ0) is 21.8. The summed E-state index contributed by atoms with van der Waals surface area (Å²) < 4.78 is 3.88. The second-order valence-corrected chi connectivity index (χ2v) is 8.06. The zero-order valence-corrected chi connectivity index (χ0v) is 18.8. The monoisotopic (exact) mass is 430 g/mol. The first-order valence-electron chi connectivity index (χ1n) is 10.2. The van der Waals surface area contributed by atoms with Crippen molar-refractivity contribution in [3.05, 3.63) is 94.9 Å². The highest BCUT2D eigenvalue weighted by Gasteiger charge is 2.13. The van der Waals surface area contributed by atoms with Gasteiger partial charge in [0.2, 0.25) is 0 Å². The molecule has 0 radical (unpaired) electrons. The summed E-state index contributed by atoms with van der Waals surface area (Å²) in [5.74, 6) is 0.705. The summed E-state index contributed by atoms with van der Waals surface area (Å²) in [5, 5.41) is 16.2. The molecule has 0 saturated heterocycles. The van der Waals surface area contributed by atoms with Gasteiger partial charge < -0.3 is 10.6 Å². The molecule has 2 aromatic carbocycles. The summed E-state index contributed by atoms with van der Waals surface area (Å²) >= 11 is 5.52. The molecule has 31 heavy (non-hydrogen) atoms. The van der Waals surface area contributed by atoms with Crippen molar-refractivity contribution in [1.82, 2.24) is 19.6 Å². The van der Waals surface area contributed by atoms with Crippen LogP contribution in [0.5, 0.6) is 0 Å². The van der Waals surface area contributed by atoms with Crippen molar-refractivity contribution < 1.29 is 0 Å². The van der Waals surface area contributed by atoms with Crippen molar-refractivity contribution in [2.24, 2.45) is 0 Å². The Balaban J connectivity index is 1.39. The van der Waals surface area contributed by atoms with E-state index in [1.165, 1.54) is 16.7 Å². The van der Waals surface area contributed by atoms with Gasteiger partial charge in [-0.3, -0.25) is 9.36 Å². The van der Waals surface area contributed by atoms with Crippen molar-refractivity contribution >= 4 is 28.8 Å². The lowest BCUT2D eigenvalue weighted by Gasteiger charge is -2.10. The molecule has 6 nitrogen and oxygen atoms in total. The van der Waals surface area contributed by atoms with Crippen molar-refractivity contribution in [2.45, 2.75) is 33.9 Å². The van der Waals surface area contributed by atoms with Gasteiger partial charge in [0.1, 0.15) is 0 Å². The molecule has 4 aromatic rings. The van der Waals surface area contributed by atoms with E-state index in [0.717, 1.165) is 23.6 Å². The summed E-state index contributed by atoms with van der Waals surface area (Å²) in [7, 11) is 0. The molecule has 0 atom stereocenters. The van der Waals surface area contributed by atoms with Crippen LogP contribution in [0.4, 0.5) is 11.5 Å². The van der Waals surface area contributed by atoms with E-state index in [2.05, 4.69) is 64.2 Å². The molecule has 0 aliphatic carbocycles. The highest BCUT2D eigenvalue weighted by atomic mass is 32.1. The van der Waals surface area contributed by atoms with Crippen LogP contribution in [0.3, 0.4) is 0 Å². The van der Waals surface area contributed by atoms with Gasteiger partial charge in [-0.25, -0.2) is 0 Å². The summed E-state index contributed by atoms with van der Waals surface area (Å²) in [6.45, 7) is 7.55. The van der Waals surface area contributed by atoms with Gasteiger partial charge in [0.05, 0.1) is 30.2 Å². The Morgan fingerprint density at radius 3 is 2.29 bits per heavy atom. The minimum Gasteiger partial charge on any atom is -0.329 e. The van der Waals surface area contributed by atoms with Gasteiger partial charge in [-0.05, 0) is 44.1 Å². The molecule has 2 aromatic heterocycles. The van der Waals surface area contributed by atoms with Crippen LogP contribution in [0.1, 0.15) is 28.1 Å². The highest BCUT2D eigenvalue weighted by Crippen LogP contribution is 2.21. The lowest BCUT2D eigenvalue weighted by molar-refractivity contribution is 0.659. The molecule has 7 heteroatoms. The van der Waals surface area contributed by atoms with Gasteiger partial charge >= 0.3 is 0 Å². The summed E-state index contributed by atoms with van der Waals surface area (Å²) in [4.78, 5) is 0. The number of anilines is 2. The van der Waals surface area contributed by atoms with Crippen LogP contribution in [-0.2, 0) is 13.1 Å². The van der Waals surface area contributed by atoms with Crippen molar-refractivity contribution in [3.63, 3.8) is 0 Å². The van der Waals surface area contributed by atoms with E-state index in [-0.39, 0.29) is 0 Å². The molecule has 0 aliphatic heterocycles. The van der Waals surface area contributed by atoms with E-state index in [9.17, 15) is 0 Å². The standard InChI is InChI=1S/C24H26N6S/c1-17-9-11-21(12-10-17)15-29-14-13-22(28-29)25-24(31)26-23-18(2)27-30(19(23)3)16-20-7-5-4-6-8-20/h4-14H,15-16H2,1-3H3,(H2,25,26,28,31). The van der Waals surface area contributed by atoms with Crippen LogP contribution in [0.2, 0.25) is 0 Å². The molecule has 2 N–H and O–H groups in total. The topological polar surface area (TPSA) is 59.7 Å². The molecule has 0 fully saturated rings. The zero-order valence-electron chi connectivity index (χ0n) is 18.0. The molecule has 0 saturated carbocycles. The Kier molecular flexibility index (Phi) is 6.13. The van der Waals surface area contributed by atoms with E-state index in [4.69, 9.17) is 12.2 Å². The second-order valence-electron chi connectivity index (χ2n) is 7.65. The Morgan fingerprint density at radius 2 is 1.55 bits per heavy atom. The smallest absolute Gasteiger partial charge is 0.176 e. The minimum absolute atomic E-state index is 0.492. The maximum absolute atomic E-state index is 5.52. The van der Waals surface area contributed by atoms with Crippen molar-refractivity contribution in [3.8, 4) is 0 Å². The molecule has 0 amide bonds. The third kappa shape index (κ3) is 5.19. The van der Waals surface area contributed by atoms with E-state index in [1.54, 1.807) is 0 Å². The third-order valence-electron chi connectivity index (χ3n) is 5.14. The predicted octanol–water partition coefficient (Wildman–Crippen LogP) is 4.91. The molecule has 2 heterocycles. The number of nitrogens with zero attached hydrogens (tertiary/aromatic N) is 4.